The first-order valence-corrected chi connectivity index (χ1v) is 7.65. The number of anilines is 1. The first-order valence-electron chi connectivity index (χ1n) is 6.83. The van der Waals surface area contributed by atoms with Gasteiger partial charge in [-0.3, -0.25) is 4.79 Å². The van der Waals surface area contributed by atoms with Crippen molar-refractivity contribution in [2.75, 3.05) is 11.9 Å². The summed E-state index contributed by atoms with van der Waals surface area (Å²) in [7, 11) is 0. The van der Waals surface area contributed by atoms with Gasteiger partial charge in [0.15, 0.2) is 0 Å². The summed E-state index contributed by atoms with van der Waals surface area (Å²) in [6.07, 6.45) is 0.831. The number of nitrogens with two attached hydrogens (primary N) is 1. The molecule has 108 valence electrons. The molecule has 0 saturated heterocycles. The first-order chi connectivity index (χ1) is 10.1. The molecule has 1 aromatic carbocycles. The molecule has 0 aliphatic rings. The van der Waals surface area contributed by atoms with E-state index in [1.807, 2.05) is 37.3 Å². The second-order valence-electron chi connectivity index (χ2n) is 4.60. The zero-order valence-electron chi connectivity index (χ0n) is 12.2. The molecular formula is C17H18N2OS. The molecule has 2 rings (SSSR count). The van der Waals surface area contributed by atoms with Crippen LogP contribution in [0.3, 0.4) is 0 Å². The Morgan fingerprint density at radius 2 is 2.14 bits per heavy atom. The highest BCUT2D eigenvalue weighted by Crippen LogP contribution is 2.21. The van der Waals surface area contributed by atoms with Crippen LogP contribution >= 0.6 is 11.3 Å². The normalized spacial score (nSPS) is 9.86. The Morgan fingerprint density at radius 1 is 1.33 bits per heavy atom. The number of amides is 1. The molecule has 1 heterocycles. The second-order valence-corrected chi connectivity index (χ2v) is 5.88. The number of nitrogens with one attached hydrogen (secondary N) is 1. The van der Waals surface area contributed by atoms with Crippen molar-refractivity contribution in [3.8, 4) is 11.8 Å². The van der Waals surface area contributed by atoms with E-state index in [2.05, 4.69) is 24.1 Å². The molecule has 4 heteroatoms. The highest BCUT2D eigenvalue weighted by atomic mass is 32.1. The Bertz CT molecular complexity index is 707. The van der Waals surface area contributed by atoms with E-state index >= 15 is 0 Å². The van der Waals surface area contributed by atoms with Crippen molar-refractivity contribution in [2.45, 2.75) is 20.3 Å². The molecule has 3 nitrogen and oxygen atoms in total. The molecule has 1 amide bonds. The third-order valence-electron chi connectivity index (χ3n) is 3.03. The fourth-order valence-electron chi connectivity index (χ4n) is 1.98. The summed E-state index contributed by atoms with van der Waals surface area (Å²) < 4.78 is 0. The lowest BCUT2D eigenvalue weighted by molar-refractivity contribution is 0.103. The number of thiophene rings is 1. The van der Waals surface area contributed by atoms with Crippen LogP contribution in [0.5, 0.6) is 0 Å². The zero-order valence-corrected chi connectivity index (χ0v) is 13.0. The molecule has 0 saturated carbocycles. The zero-order chi connectivity index (χ0) is 15.2. The SMILES string of the molecule is CCc1cc(C#CCN)ccc1NC(=O)c1ccc(C)s1. The van der Waals surface area contributed by atoms with Crippen LogP contribution in [0.1, 0.15) is 32.6 Å². The van der Waals surface area contributed by atoms with Gasteiger partial charge in [-0.2, -0.15) is 0 Å². The highest BCUT2D eigenvalue weighted by Gasteiger charge is 2.10. The molecule has 0 aliphatic carbocycles. The Labute approximate surface area is 129 Å². The summed E-state index contributed by atoms with van der Waals surface area (Å²) in [4.78, 5) is 14.1. The maximum absolute atomic E-state index is 12.2. The quantitative estimate of drug-likeness (QED) is 0.855. The molecule has 0 bridgehead atoms. The summed E-state index contributed by atoms with van der Waals surface area (Å²) in [5, 5.41) is 2.97. The highest BCUT2D eigenvalue weighted by molar-refractivity contribution is 7.14. The van der Waals surface area contributed by atoms with Gasteiger partial charge in [0.2, 0.25) is 0 Å². The van der Waals surface area contributed by atoms with Gasteiger partial charge in [0, 0.05) is 16.1 Å². The molecule has 0 spiro atoms. The summed E-state index contributed by atoms with van der Waals surface area (Å²) >= 11 is 1.49. The first kappa shape index (κ1) is 15.3. The number of rotatable bonds is 3. The lowest BCUT2D eigenvalue weighted by Crippen LogP contribution is -2.11. The van der Waals surface area contributed by atoms with Crippen LogP contribution < -0.4 is 11.1 Å². The summed E-state index contributed by atoms with van der Waals surface area (Å²) in [5.74, 6) is 5.78. The lowest BCUT2D eigenvalue weighted by Gasteiger charge is -2.09. The van der Waals surface area contributed by atoms with E-state index in [1.165, 1.54) is 11.3 Å². The molecule has 0 aliphatic heterocycles. The number of carbonyl (C=O) groups is 1. The molecule has 0 radical (unpaired) electrons. The summed E-state index contributed by atoms with van der Waals surface area (Å²) in [6, 6.07) is 9.60. The van der Waals surface area contributed by atoms with E-state index in [-0.39, 0.29) is 5.91 Å². The van der Waals surface area contributed by atoms with Gasteiger partial charge in [0.05, 0.1) is 11.4 Å². The Balaban J connectivity index is 2.21. The third-order valence-corrected chi connectivity index (χ3v) is 4.03. The van der Waals surface area contributed by atoms with Gasteiger partial charge in [-0.1, -0.05) is 18.8 Å². The van der Waals surface area contributed by atoms with E-state index in [9.17, 15) is 4.79 Å². The average Bonchev–Trinajstić information content (AvgIpc) is 2.92. The number of hydrogen-bond acceptors (Lipinski definition) is 3. The molecule has 2 aromatic rings. The van der Waals surface area contributed by atoms with E-state index in [0.29, 0.717) is 6.54 Å². The second kappa shape index (κ2) is 7.07. The molecule has 3 N–H and O–H groups in total. The Hall–Kier alpha value is -2.09. The van der Waals surface area contributed by atoms with Crippen molar-refractivity contribution in [3.63, 3.8) is 0 Å². The Morgan fingerprint density at radius 3 is 2.76 bits per heavy atom. The van der Waals surface area contributed by atoms with E-state index in [1.54, 1.807) is 0 Å². The van der Waals surface area contributed by atoms with Crippen LogP contribution in [0.2, 0.25) is 0 Å². The van der Waals surface area contributed by atoms with E-state index < -0.39 is 0 Å². The maximum atomic E-state index is 12.2. The monoisotopic (exact) mass is 298 g/mol. The minimum absolute atomic E-state index is 0.0661. The predicted octanol–water partition coefficient (Wildman–Crippen LogP) is 3.18. The van der Waals surface area contributed by atoms with E-state index in [4.69, 9.17) is 5.73 Å². The summed E-state index contributed by atoms with van der Waals surface area (Å²) in [5.41, 5.74) is 8.21. The van der Waals surface area contributed by atoms with Crippen molar-refractivity contribution < 1.29 is 4.79 Å². The molecule has 1 aromatic heterocycles. The van der Waals surface area contributed by atoms with Crippen molar-refractivity contribution in [3.05, 3.63) is 51.2 Å². The van der Waals surface area contributed by atoms with Gasteiger partial charge in [-0.25, -0.2) is 0 Å². The predicted molar refractivity (Wildman–Crippen MR) is 88.8 cm³/mol. The van der Waals surface area contributed by atoms with Crippen LogP contribution in [0, 0.1) is 18.8 Å². The lowest BCUT2D eigenvalue weighted by atomic mass is 10.1. The van der Waals surface area contributed by atoms with Crippen molar-refractivity contribution >= 4 is 22.9 Å². The fourth-order valence-corrected chi connectivity index (χ4v) is 2.74. The van der Waals surface area contributed by atoms with Crippen LogP contribution in [-0.4, -0.2) is 12.5 Å². The van der Waals surface area contributed by atoms with Crippen molar-refractivity contribution in [1.29, 1.82) is 0 Å². The van der Waals surface area contributed by atoms with Crippen LogP contribution in [0.15, 0.2) is 30.3 Å². The number of hydrogen-bond donors (Lipinski definition) is 2. The topological polar surface area (TPSA) is 55.1 Å². The van der Waals surface area contributed by atoms with Gasteiger partial charge >= 0.3 is 0 Å². The van der Waals surface area contributed by atoms with Crippen molar-refractivity contribution in [2.24, 2.45) is 5.73 Å². The smallest absolute Gasteiger partial charge is 0.265 e. The molecule has 0 unspecified atom stereocenters. The average molecular weight is 298 g/mol. The maximum Gasteiger partial charge on any atom is 0.265 e. The van der Waals surface area contributed by atoms with Crippen LogP contribution in [-0.2, 0) is 6.42 Å². The van der Waals surface area contributed by atoms with Gasteiger partial charge in [-0.15, -0.1) is 11.3 Å². The van der Waals surface area contributed by atoms with Gasteiger partial charge in [0.1, 0.15) is 0 Å². The molecule has 0 atom stereocenters. The number of benzene rings is 1. The standard InChI is InChI=1S/C17H18N2OS/c1-3-14-11-13(5-4-10-18)7-8-15(14)19-17(20)16-9-6-12(2)21-16/h6-9,11H,3,10,18H2,1-2H3,(H,19,20). The van der Waals surface area contributed by atoms with Gasteiger partial charge in [-0.05, 0) is 49.2 Å². The number of carbonyl (C=O) groups excluding carboxylic acids is 1. The number of aryl methyl sites for hydroxylation is 2. The molecule has 0 fully saturated rings. The fraction of sp³-hybridized carbons (Fsp3) is 0.235. The van der Waals surface area contributed by atoms with E-state index in [0.717, 1.165) is 33.0 Å². The van der Waals surface area contributed by atoms with Crippen LogP contribution in [0.25, 0.3) is 0 Å². The summed E-state index contributed by atoms with van der Waals surface area (Å²) in [6.45, 7) is 4.39. The third kappa shape index (κ3) is 3.94. The largest absolute Gasteiger partial charge is 0.321 e. The van der Waals surface area contributed by atoms with Crippen LogP contribution in [0.4, 0.5) is 5.69 Å². The van der Waals surface area contributed by atoms with Gasteiger partial charge in [0.25, 0.3) is 5.91 Å². The Kier molecular flexibility index (Phi) is 5.15. The minimum Gasteiger partial charge on any atom is -0.321 e. The molecule has 21 heavy (non-hydrogen) atoms. The molecular weight excluding hydrogens is 280 g/mol. The minimum atomic E-state index is -0.0661. The van der Waals surface area contributed by atoms with Gasteiger partial charge < -0.3 is 11.1 Å². The van der Waals surface area contributed by atoms with Crippen molar-refractivity contribution in [1.82, 2.24) is 0 Å².